The van der Waals surface area contributed by atoms with Crippen LogP contribution >= 0.6 is 11.3 Å². The molecule has 1 aliphatic rings. The van der Waals surface area contributed by atoms with E-state index in [9.17, 15) is 20.2 Å². The Kier molecular flexibility index (Phi) is 4.81. The first kappa shape index (κ1) is 17.1. The fraction of sp³-hybridized carbons (Fsp3) is 0.438. The van der Waals surface area contributed by atoms with Crippen molar-refractivity contribution in [1.82, 2.24) is 9.78 Å². The van der Waals surface area contributed by atoms with Crippen molar-refractivity contribution in [2.45, 2.75) is 45.1 Å². The lowest BCUT2D eigenvalue weighted by Gasteiger charge is -2.11. The van der Waals surface area contributed by atoms with Crippen molar-refractivity contribution in [1.29, 1.82) is 5.26 Å². The number of fused-ring (bicyclic) bond motifs is 1. The molecule has 0 bridgehead atoms. The van der Waals surface area contributed by atoms with E-state index >= 15 is 0 Å². The molecule has 0 radical (unpaired) electrons. The zero-order valence-electron chi connectivity index (χ0n) is 13.7. The minimum absolute atomic E-state index is 0.166. The van der Waals surface area contributed by atoms with Crippen LogP contribution in [0.4, 0.5) is 10.7 Å². The number of nitrogens with zero attached hydrogens (tertiary/aromatic N) is 4. The molecule has 2 heterocycles. The molecule has 1 amide bonds. The third kappa shape index (κ3) is 3.39. The molecule has 1 aliphatic carbocycles. The standard InChI is InChI=1S/C16H17N5O3S/c1-10(20-9-11(8-18-20)21(23)24)15(22)19-16-13(7-17)12-5-3-2-4-6-14(12)25-16/h8-10H,2-6H2,1H3,(H,19,22). The maximum absolute atomic E-state index is 12.5. The van der Waals surface area contributed by atoms with Crippen LogP contribution in [0.25, 0.3) is 0 Å². The number of thiophene rings is 1. The van der Waals surface area contributed by atoms with E-state index in [1.54, 1.807) is 6.92 Å². The lowest BCUT2D eigenvalue weighted by Crippen LogP contribution is -2.24. The summed E-state index contributed by atoms with van der Waals surface area (Å²) in [6.07, 6.45) is 7.44. The smallest absolute Gasteiger partial charge is 0.307 e. The summed E-state index contributed by atoms with van der Waals surface area (Å²) in [6.45, 7) is 1.61. The second-order valence-electron chi connectivity index (χ2n) is 5.98. The number of aryl methyl sites for hydroxylation is 1. The second kappa shape index (κ2) is 7.03. The molecule has 8 nitrogen and oxygen atoms in total. The Morgan fingerprint density at radius 1 is 1.48 bits per heavy atom. The number of anilines is 1. The average Bonchev–Trinajstić information content (AvgIpc) is 3.13. The molecule has 25 heavy (non-hydrogen) atoms. The topological polar surface area (TPSA) is 114 Å². The highest BCUT2D eigenvalue weighted by Gasteiger charge is 2.24. The Hall–Kier alpha value is -2.73. The van der Waals surface area contributed by atoms with Crippen LogP contribution in [0, 0.1) is 21.4 Å². The van der Waals surface area contributed by atoms with Crippen molar-refractivity contribution in [3.63, 3.8) is 0 Å². The summed E-state index contributed by atoms with van der Waals surface area (Å²) >= 11 is 1.46. The number of aromatic nitrogens is 2. The summed E-state index contributed by atoms with van der Waals surface area (Å²) < 4.78 is 1.25. The SMILES string of the molecule is CC(C(=O)Nc1sc2c(c1C#N)CCCCC2)n1cc([N+](=O)[O-])cn1. The van der Waals surface area contributed by atoms with Gasteiger partial charge in [0, 0.05) is 4.88 Å². The molecule has 1 atom stereocenters. The Balaban J connectivity index is 1.80. The molecule has 0 aromatic carbocycles. The molecular formula is C16H17N5O3S. The number of nitrogens with one attached hydrogen (secondary N) is 1. The number of amides is 1. The van der Waals surface area contributed by atoms with Crippen molar-refractivity contribution in [2.75, 3.05) is 5.32 Å². The van der Waals surface area contributed by atoms with E-state index in [0.717, 1.165) is 43.9 Å². The lowest BCUT2D eigenvalue weighted by molar-refractivity contribution is -0.385. The molecule has 1 N–H and O–H groups in total. The highest BCUT2D eigenvalue weighted by atomic mass is 32.1. The van der Waals surface area contributed by atoms with E-state index in [4.69, 9.17) is 0 Å². The molecule has 1 unspecified atom stereocenters. The fourth-order valence-corrected chi connectivity index (χ4v) is 4.16. The van der Waals surface area contributed by atoms with Crippen LogP contribution in [0.1, 0.15) is 48.2 Å². The van der Waals surface area contributed by atoms with Crippen molar-refractivity contribution in [3.05, 3.63) is 38.5 Å². The van der Waals surface area contributed by atoms with Crippen LogP contribution in [-0.2, 0) is 17.6 Å². The summed E-state index contributed by atoms with van der Waals surface area (Å²) in [4.78, 5) is 23.9. The van der Waals surface area contributed by atoms with Gasteiger partial charge in [-0.3, -0.25) is 19.6 Å². The first-order valence-electron chi connectivity index (χ1n) is 8.05. The third-order valence-electron chi connectivity index (χ3n) is 4.34. The molecule has 0 aliphatic heterocycles. The summed E-state index contributed by atoms with van der Waals surface area (Å²) in [6, 6.07) is 1.50. The minimum atomic E-state index is -0.720. The first-order valence-corrected chi connectivity index (χ1v) is 8.87. The fourth-order valence-electron chi connectivity index (χ4n) is 2.92. The Morgan fingerprint density at radius 3 is 2.92 bits per heavy atom. The van der Waals surface area contributed by atoms with E-state index in [0.29, 0.717) is 10.6 Å². The first-order chi connectivity index (χ1) is 12.0. The number of hydrogen-bond acceptors (Lipinski definition) is 6. The largest absolute Gasteiger partial charge is 0.315 e. The number of rotatable bonds is 4. The van der Waals surface area contributed by atoms with Crippen LogP contribution < -0.4 is 5.32 Å². The highest BCUT2D eigenvalue weighted by molar-refractivity contribution is 7.16. The molecule has 130 valence electrons. The maximum atomic E-state index is 12.5. The summed E-state index contributed by atoms with van der Waals surface area (Å²) in [5.41, 5.74) is 1.44. The van der Waals surface area contributed by atoms with Crippen LogP contribution in [0.5, 0.6) is 0 Å². The Bertz CT molecular complexity index is 864. The van der Waals surface area contributed by atoms with E-state index in [1.807, 2.05) is 0 Å². The quantitative estimate of drug-likeness (QED) is 0.511. The monoisotopic (exact) mass is 359 g/mol. The van der Waals surface area contributed by atoms with Gasteiger partial charge >= 0.3 is 5.69 Å². The van der Waals surface area contributed by atoms with Gasteiger partial charge < -0.3 is 5.32 Å². The van der Waals surface area contributed by atoms with Crippen LogP contribution in [0.3, 0.4) is 0 Å². The molecule has 2 aromatic heterocycles. The van der Waals surface area contributed by atoms with E-state index in [1.165, 1.54) is 27.1 Å². The normalized spacial score (nSPS) is 14.9. The highest BCUT2D eigenvalue weighted by Crippen LogP contribution is 2.37. The molecule has 2 aromatic rings. The Labute approximate surface area is 148 Å². The van der Waals surface area contributed by atoms with E-state index in [-0.39, 0.29) is 11.6 Å². The van der Waals surface area contributed by atoms with Gasteiger partial charge in [-0.25, -0.2) is 0 Å². The van der Waals surface area contributed by atoms with Crippen LogP contribution in [-0.4, -0.2) is 20.6 Å². The average molecular weight is 359 g/mol. The number of nitriles is 1. The van der Waals surface area contributed by atoms with Gasteiger partial charge in [0.05, 0.1) is 10.5 Å². The van der Waals surface area contributed by atoms with Gasteiger partial charge in [-0.05, 0) is 38.2 Å². The molecule has 0 spiro atoms. The van der Waals surface area contributed by atoms with Crippen molar-refractivity contribution in [2.24, 2.45) is 0 Å². The summed E-state index contributed by atoms with van der Waals surface area (Å²) in [5, 5.41) is 27.5. The summed E-state index contributed by atoms with van der Waals surface area (Å²) in [7, 11) is 0. The summed E-state index contributed by atoms with van der Waals surface area (Å²) in [5.74, 6) is -0.356. The van der Waals surface area contributed by atoms with Gasteiger partial charge in [0.1, 0.15) is 29.5 Å². The van der Waals surface area contributed by atoms with Gasteiger partial charge in [0.25, 0.3) is 0 Å². The zero-order valence-corrected chi connectivity index (χ0v) is 14.5. The molecule has 3 rings (SSSR count). The second-order valence-corrected chi connectivity index (χ2v) is 7.09. The van der Waals surface area contributed by atoms with Gasteiger partial charge in [-0.15, -0.1) is 11.3 Å². The molecule has 0 fully saturated rings. The molecule has 0 saturated heterocycles. The Morgan fingerprint density at radius 2 is 2.24 bits per heavy atom. The van der Waals surface area contributed by atoms with E-state index in [2.05, 4.69) is 16.5 Å². The van der Waals surface area contributed by atoms with Crippen molar-refractivity contribution >= 4 is 27.9 Å². The van der Waals surface area contributed by atoms with Crippen molar-refractivity contribution in [3.8, 4) is 6.07 Å². The third-order valence-corrected chi connectivity index (χ3v) is 5.55. The number of nitro groups is 1. The molecular weight excluding hydrogens is 342 g/mol. The maximum Gasteiger partial charge on any atom is 0.307 e. The predicted molar refractivity (Wildman–Crippen MR) is 92.5 cm³/mol. The predicted octanol–water partition coefficient (Wildman–Crippen LogP) is 3.19. The van der Waals surface area contributed by atoms with Crippen LogP contribution in [0.2, 0.25) is 0 Å². The zero-order chi connectivity index (χ0) is 18.0. The number of carbonyl (C=O) groups is 1. The lowest BCUT2D eigenvalue weighted by atomic mass is 10.1. The van der Waals surface area contributed by atoms with Gasteiger partial charge in [0.15, 0.2) is 0 Å². The van der Waals surface area contributed by atoms with Gasteiger partial charge in [-0.1, -0.05) is 6.42 Å². The van der Waals surface area contributed by atoms with Crippen molar-refractivity contribution < 1.29 is 9.72 Å². The van der Waals surface area contributed by atoms with E-state index < -0.39 is 11.0 Å². The molecule has 9 heteroatoms. The number of hydrogen-bond donors (Lipinski definition) is 1. The van der Waals surface area contributed by atoms with Crippen LogP contribution in [0.15, 0.2) is 12.4 Å². The minimum Gasteiger partial charge on any atom is -0.315 e. The van der Waals surface area contributed by atoms with Gasteiger partial charge in [-0.2, -0.15) is 10.4 Å². The number of carbonyl (C=O) groups excluding carboxylic acids is 1. The van der Waals surface area contributed by atoms with Gasteiger partial charge in [0.2, 0.25) is 5.91 Å². The molecule has 0 saturated carbocycles.